The smallest absolute Gasteiger partial charge is 0.150 e. The Morgan fingerprint density at radius 2 is 1.82 bits per heavy atom. The van der Waals surface area contributed by atoms with E-state index in [4.69, 9.17) is 0 Å². The molecule has 2 heterocycles. The maximum absolute atomic E-state index is 10.6. The molecule has 1 fully saturated rings. The van der Waals surface area contributed by atoms with Gasteiger partial charge in [-0.1, -0.05) is 30.3 Å². The van der Waals surface area contributed by atoms with Gasteiger partial charge in [0.25, 0.3) is 0 Å². The summed E-state index contributed by atoms with van der Waals surface area (Å²) in [5.41, 5.74) is 2.95. The minimum atomic E-state index is -0.368. The van der Waals surface area contributed by atoms with E-state index in [1.54, 1.807) is 0 Å². The second-order valence-corrected chi connectivity index (χ2v) is 6.10. The van der Waals surface area contributed by atoms with Crippen LogP contribution in [0, 0.1) is 19.8 Å². The Morgan fingerprint density at radius 3 is 2.50 bits per heavy atom. The molecule has 22 heavy (non-hydrogen) atoms. The number of nitrogens with zero attached hydrogens (tertiary/aromatic N) is 3. The van der Waals surface area contributed by atoms with Crippen molar-refractivity contribution in [3.63, 3.8) is 0 Å². The average Bonchev–Trinajstić information content (AvgIpc) is 2.57. The molecule has 1 atom stereocenters. The van der Waals surface area contributed by atoms with Crippen molar-refractivity contribution in [1.82, 2.24) is 9.97 Å². The van der Waals surface area contributed by atoms with Crippen LogP contribution in [0.3, 0.4) is 0 Å². The molecule has 0 spiro atoms. The third-order valence-electron chi connectivity index (χ3n) is 4.48. The van der Waals surface area contributed by atoms with Gasteiger partial charge in [0.1, 0.15) is 5.82 Å². The average molecular weight is 297 g/mol. The van der Waals surface area contributed by atoms with Gasteiger partial charge >= 0.3 is 0 Å². The molecule has 3 rings (SSSR count). The summed E-state index contributed by atoms with van der Waals surface area (Å²) < 4.78 is 0. The Balaban J connectivity index is 1.66. The minimum Gasteiger partial charge on any atom is -0.388 e. The molecule has 4 heteroatoms. The van der Waals surface area contributed by atoms with Crippen molar-refractivity contribution in [2.24, 2.45) is 5.92 Å². The summed E-state index contributed by atoms with van der Waals surface area (Å²) in [5.74, 6) is 1.31. The zero-order valence-electron chi connectivity index (χ0n) is 13.2. The van der Waals surface area contributed by atoms with Crippen LogP contribution in [0.4, 0.5) is 5.82 Å². The van der Waals surface area contributed by atoms with Crippen molar-refractivity contribution in [2.75, 3.05) is 18.0 Å². The number of aliphatic hydroxyl groups is 1. The third kappa shape index (κ3) is 3.12. The van der Waals surface area contributed by atoms with E-state index in [-0.39, 0.29) is 6.10 Å². The minimum absolute atomic E-state index is 0.316. The van der Waals surface area contributed by atoms with E-state index in [1.165, 1.54) is 0 Å². The fraction of sp³-hybridized carbons (Fsp3) is 0.444. The van der Waals surface area contributed by atoms with Crippen LogP contribution in [0.5, 0.6) is 0 Å². The van der Waals surface area contributed by atoms with Gasteiger partial charge in [0.15, 0.2) is 0 Å². The number of hydrogen-bond donors (Lipinski definition) is 1. The molecule has 1 N–H and O–H groups in total. The fourth-order valence-corrected chi connectivity index (χ4v) is 3.17. The normalized spacial score (nSPS) is 17.5. The summed E-state index contributed by atoms with van der Waals surface area (Å²) >= 11 is 0. The molecule has 1 aromatic carbocycles. The van der Waals surface area contributed by atoms with Crippen LogP contribution in [0.2, 0.25) is 0 Å². The van der Waals surface area contributed by atoms with Gasteiger partial charge < -0.3 is 10.0 Å². The molecule has 0 amide bonds. The van der Waals surface area contributed by atoms with Crippen LogP contribution >= 0.6 is 0 Å². The molecule has 0 bridgehead atoms. The molecular weight excluding hydrogens is 274 g/mol. The second-order valence-electron chi connectivity index (χ2n) is 6.10. The molecule has 1 aliphatic heterocycles. The molecule has 0 radical (unpaired) electrons. The number of hydrogen-bond acceptors (Lipinski definition) is 4. The molecule has 1 saturated heterocycles. The van der Waals surface area contributed by atoms with Crippen LogP contribution in [0.15, 0.2) is 36.5 Å². The fourth-order valence-electron chi connectivity index (χ4n) is 3.17. The largest absolute Gasteiger partial charge is 0.388 e. The predicted octanol–water partition coefficient (Wildman–Crippen LogP) is 3.04. The van der Waals surface area contributed by atoms with E-state index in [0.717, 1.165) is 48.7 Å². The lowest BCUT2D eigenvalue weighted by Gasteiger charge is -2.35. The number of benzene rings is 1. The van der Waals surface area contributed by atoms with E-state index in [9.17, 15) is 5.11 Å². The van der Waals surface area contributed by atoms with Crippen LogP contribution in [0.1, 0.15) is 35.9 Å². The van der Waals surface area contributed by atoms with E-state index >= 15 is 0 Å². The monoisotopic (exact) mass is 297 g/mol. The van der Waals surface area contributed by atoms with E-state index in [0.29, 0.717) is 5.92 Å². The maximum atomic E-state index is 10.6. The van der Waals surface area contributed by atoms with Gasteiger partial charge in [-0.15, -0.1) is 0 Å². The molecule has 2 aromatic rings. The third-order valence-corrected chi connectivity index (χ3v) is 4.48. The molecule has 1 aromatic heterocycles. The Labute approximate surface area is 131 Å². The van der Waals surface area contributed by atoms with Gasteiger partial charge in [-0.05, 0) is 38.2 Å². The molecule has 0 saturated carbocycles. The summed E-state index contributed by atoms with van der Waals surface area (Å²) in [7, 11) is 0. The van der Waals surface area contributed by atoms with Crippen molar-refractivity contribution in [1.29, 1.82) is 0 Å². The van der Waals surface area contributed by atoms with Crippen molar-refractivity contribution in [3.05, 3.63) is 53.5 Å². The Kier molecular flexibility index (Phi) is 4.39. The van der Waals surface area contributed by atoms with Crippen LogP contribution in [-0.2, 0) is 0 Å². The van der Waals surface area contributed by atoms with E-state index in [2.05, 4.69) is 14.9 Å². The first-order valence-corrected chi connectivity index (χ1v) is 7.93. The van der Waals surface area contributed by atoms with Gasteiger partial charge in [0, 0.05) is 19.3 Å². The lowest BCUT2D eigenvalue weighted by Crippen LogP contribution is -2.36. The summed E-state index contributed by atoms with van der Waals surface area (Å²) in [5, 5.41) is 10.6. The van der Waals surface area contributed by atoms with Gasteiger partial charge in [0.2, 0.25) is 0 Å². The van der Waals surface area contributed by atoms with Gasteiger partial charge in [-0.3, -0.25) is 4.98 Å². The molecular formula is C18H23N3O. The Hall–Kier alpha value is -1.94. The predicted molar refractivity (Wildman–Crippen MR) is 87.8 cm³/mol. The topological polar surface area (TPSA) is 49.2 Å². The number of aliphatic hydroxyl groups excluding tert-OH is 1. The molecule has 4 nitrogen and oxygen atoms in total. The quantitative estimate of drug-likeness (QED) is 0.946. The zero-order chi connectivity index (χ0) is 15.5. The van der Waals surface area contributed by atoms with Gasteiger partial charge in [-0.2, -0.15) is 0 Å². The highest BCUT2D eigenvalue weighted by Gasteiger charge is 2.27. The van der Waals surface area contributed by atoms with Crippen molar-refractivity contribution < 1.29 is 5.11 Å². The van der Waals surface area contributed by atoms with Crippen molar-refractivity contribution in [2.45, 2.75) is 32.8 Å². The first-order chi connectivity index (χ1) is 10.6. The van der Waals surface area contributed by atoms with Crippen molar-refractivity contribution >= 4 is 5.82 Å². The summed E-state index contributed by atoms with van der Waals surface area (Å²) in [6.45, 7) is 5.83. The van der Waals surface area contributed by atoms with E-state index in [1.807, 2.05) is 50.4 Å². The molecule has 0 aliphatic carbocycles. The van der Waals surface area contributed by atoms with Gasteiger partial charge in [0.05, 0.1) is 17.5 Å². The number of rotatable bonds is 3. The SMILES string of the molecule is Cc1cnc(C)c(N2CCC([C@H](O)c3ccccc3)CC2)n1. The Bertz CT molecular complexity index is 621. The summed E-state index contributed by atoms with van der Waals surface area (Å²) in [6, 6.07) is 9.97. The lowest BCUT2D eigenvalue weighted by molar-refractivity contribution is 0.0928. The highest BCUT2D eigenvalue weighted by Crippen LogP contribution is 2.32. The highest BCUT2D eigenvalue weighted by atomic mass is 16.3. The Morgan fingerprint density at radius 1 is 1.14 bits per heavy atom. The van der Waals surface area contributed by atoms with Crippen LogP contribution in [0.25, 0.3) is 0 Å². The first-order valence-electron chi connectivity index (χ1n) is 7.93. The van der Waals surface area contributed by atoms with Crippen LogP contribution < -0.4 is 4.90 Å². The molecule has 0 unspecified atom stereocenters. The molecule has 1 aliphatic rings. The van der Waals surface area contributed by atoms with E-state index < -0.39 is 0 Å². The molecule has 116 valence electrons. The lowest BCUT2D eigenvalue weighted by atomic mass is 9.87. The van der Waals surface area contributed by atoms with Gasteiger partial charge in [-0.25, -0.2) is 4.98 Å². The summed E-state index contributed by atoms with van der Waals surface area (Å²) in [6.07, 6.45) is 3.40. The zero-order valence-corrected chi connectivity index (χ0v) is 13.2. The maximum Gasteiger partial charge on any atom is 0.150 e. The summed E-state index contributed by atoms with van der Waals surface area (Å²) in [4.78, 5) is 11.3. The van der Waals surface area contributed by atoms with Crippen LogP contribution in [-0.4, -0.2) is 28.2 Å². The highest BCUT2D eigenvalue weighted by molar-refractivity contribution is 5.43. The standard InChI is InChI=1S/C18H23N3O/c1-13-12-19-14(2)18(20-13)21-10-8-16(9-11-21)17(22)15-6-4-3-5-7-15/h3-7,12,16-17,22H,8-11H2,1-2H3/t17-/m1/s1. The number of anilines is 1. The first kappa shape index (κ1) is 15.0. The van der Waals surface area contributed by atoms with Crippen molar-refractivity contribution in [3.8, 4) is 0 Å². The number of aromatic nitrogens is 2. The number of aryl methyl sites for hydroxylation is 2. The second kappa shape index (κ2) is 6.44. The number of piperidine rings is 1.